The predicted molar refractivity (Wildman–Crippen MR) is 196 cm³/mol. The van der Waals surface area contributed by atoms with Gasteiger partial charge in [-0.2, -0.15) is 0 Å². The monoisotopic (exact) mass is 644 g/mol. The second kappa shape index (κ2) is 11.2. The molecule has 8 bridgehead atoms. The standard InChI is InChI=1S/C42H50N2P2/c1-2-4-35(5-3-1)36-6-7-37(38(18-36)27-45(39-8-10-43-25-39)40-9-11-44-26-40)28-46(41-19-29-12-30(20-41)14-31(13-29)21-41)42-22-32-15-33(23-42)17-34(16-32)24-42/h1-11,18,25-26,29-34,43-44H,12-17,19-24,27-28H2. The number of aromatic nitrogens is 2. The summed E-state index contributed by atoms with van der Waals surface area (Å²) in [4.78, 5) is 6.80. The average Bonchev–Trinajstić information content (AvgIpc) is 3.78. The Balaban J connectivity index is 1.09. The van der Waals surface area contributed by atoms with E-state index in [0.29, 0.717) is 10.3 Å². The molecule has 0 radical (unpaired) electrons. The van der Waals surface area contributed by atoms with E-state index in [2.05, 4.69) is 95.4 Å². The lowest BCUT2D eigenvalue weighted by atomic mass is 9.55. The van der Waals surface area contributed by atoms with Gasteiger partial charge in [0, 0.05) is 30.9 Å². The Morgan fingerprint density at radius 2 is 1.02 bits per heavy atom. The molecular weight excluding hydrogens is 594 g/mol. The number of hydrogen-bond donors (Lipinski definition) is 2. The maximum atomic E-state index is 3.40. The van der Waals surface area contributed by atoms with Crippen molar-refractivity contribution in [1.29, 1.82) is 0 Å². The fourth-order valence-corrected chi connectivity index (χ4v) is 20.5. The smallest absolute Gasteiger partial charge is 0.00860 e. The fourth-order valence-electron chi connectivity index (χ4n) is 13.0. The Morgan fingerprint density at radius 3 is 1.48 bits per heavy atom. The van der Waals surface area contributed by atoms with E-state index in [1.54, 1.807) is 88.2 Å². The third-order valence-electron chi connectivity index (χ3n) is 13.9. The summed E-state index contributed by atoms with van der Waals surface area (Å²) in [6.45, 7) is 0. The van der Waals surface area contributed by atoms with Crippen molar-refractivity contribution in [1.82, 2.24) is 9.97 Å². The molecule has 12 rings (SSSR count). The molecule has 8 saturated carbocycles. The second-order valence-corrected chi connectivity index (χ2v) is 22.2. The Morgan fingerprint density at radius 1 is 0.522 bits per heavy atom. The Labute approximate surface area is 278 Å². The first kappa shape index (κ1) is 28.8. The van der Waals surface area contributed by atoms with E-state index in [0.717, 1.165) is 41.7 Å². The molecular formula is C42H50N2P2. The summed E-state index contributed by atoms with van der Waals surface area (Å²) in [7, 11) is -0.570. The van der Waals surface area contributed by atoms with E-state index in [1.165, 1.54) is 27.9 Å². The molecule has 2 nitrogen and oxygen atoms in total. The minimum absolute atomic E-state index is 0.0854. The molecule has 0 unspecified atom stereocenters. The summed E-state index contributed by atoms with van der Waals surface area (Å²) in [5.41, 5.74) is 6.10. The number of hydrogen-bond acceptors (Lipinski definition) is 0. The van der Waals surface area contributed by atoms with Crippen LogP contribution in [-0.2, 0) is 12.3 Å². The molecule has 8 aliphatic carbocycles. The van der Waals surface area contributed by atoms with Gasteiger partial charge in [0.15, 0.2) is 0 Å². The normalized spacial score (nSPS) is 36.1. The van der Waals surface area contributed by atoms with E-state index in [9.17, 15) is 0 Å². The topological polar surface area (TPSA) is 31.6 Å². The van der Waals surface area contributed by atoms with E-state index >= 15 is 0 Å². The van der Waals surface area contributed by atoms with Crippen molar-refractivity contribution in [2.75, 3.05) is 0 Å². The van der Waals surface area contributed by atoms with E-state index in [1.807, 2.05) is 0 Å². The highest BCUT2D eigenvalue weighted by Gasteiger charge is 2.62. The highest BCUT2D eigenvalue weighted by Crippen LogP contribution is 2.79. The van der Waals surface area contributed by atoms with Crippen molar-refractivity contribution < 1.29 is 0 Å². The molecule has 8 fully saturated rings. The summed E-state index contributed by atoms with van der Waals surface area (Å²) in [6.07, 6.45) is 30.2. The fraction of sp³-hybridized carbons (Fsp3) is 0.524. The van der Waals surface area contributed by atoms with Crippen LogP contribution in [0.2, 0.25) is 0 Å². The zero-order valence-electron chi connectivity index (χ0n) is 27.3. The van der Waals surface area contributed by atoms with Gasteiger partial charge >= 0.3 is 0 Å². The van der Waals surface area contributed by atoms with Gasteiger partial charge in [0.05, 0.1) is 0 Å². The third-order valence-corrected chi connectivity index (χ3v) is 20.4. The van der Waals surface area contributed by atoms with Crippen molar-refractivity contribution in [3.63, 3.8) is 0 Å². The van der Waals surface area contributed by atoms with Crippen LogP contribution in [0.4, 0.5) is 0 Å². The van der Waals surface area contributed by atoms with Gasteiger partial charge in [-0.25, -0.2) is 0 Å². The van der Waals surface area contributed by atoms with Gasteiger partial charge in [-0.3, -0.25) is 0 Å². The van der Waals surface area contributed by atoms with Gasteiger partial charge in [-0.05, 0) is 182 Å². The molecule has 4 heteroatoms. The number of H-pyrrole nitrogens is 2. The second-order valence-electron chi connectivity index (χ2n) is 16.9. The van der Waals surface area contributed by atoms with Crippen molar-refractivity contribution in [2.45, 2.75) is 99.7 Å². The Hall–Kier alpha value is -2.14. The number of rotatable bonds is 9. The van der Waals surface area contributed by atoms with Crippen LogP contribution in [0.5, 0.6) is 0 Å². The molecule has 2 aromatic heterocycles. The van der Waals surface area contributed by atoms with Crippen LogP contribution in [0.25, 0.3) is 11.1 Å². The lowest BCUT2D eigenvalue weighted by Gasteiger charge is -2.67. The molecule has 2 N–H and O–H groups in total. The first-order valence-corrected chi connectivity index (χ1v) is 21.6. The first-order valence-electron chi connectivity index (χ1n) is 18.6. The quantitative estimate of drug-likeness (QED) is 0.170. The van der Waals surface area contributed by atoms with Crippen LogP contribution >= 0.6 is 15.8 Å². The SMILES string of the molecule is c1ccc(-c2ccc(CP(C34CC5CC(CC(C5)C3)C4)C34CC5CC(CC(C5)C3)C4)c(CP(c3cc[nH]c3)c3cc[nH]c3)c2)cc1. The molecule has 0 spiro atoms. The van der Waals surface area contributed by atoms with E-state index < -0.39 is 7.92 Å². The maximum Gasteiger partial charge on any atom is 0.00860 e. The molecule has 0 atom stereocenters. The zero-order valence-corrected chi connectivity index (χ0v) is 29.1. The van der Waals surface area contributed by atoms with Gasteiger partial charge < -0.3 is 9.97 Å². The molecule has 2 aromatic carbocycles. The van der Waals surface area contributed by atoms with E-state index in [-0.39, 0.29) is 7.92 Å². The third kappa shape index (κ3) is 4.95. The lowest BCUT2D eigenvalue weighted by molar-refractivity contribution is 0.0184. The summed E-state index contributed by atoms with van der Waals surface area (Å²) >= 11 is 0. The summed E-state index contributed by atoms with van der Waals surface area (Å²) in [5, 5.41) is 4.26. The highest BCUT2D eigenvalue weighted by atomic mass is 31.1. The zero-order chi connectivity index (χ0) is 30.3. The molecule has 4 aromatic rings. The van der Waals surface area contributed by atoms with Crippen molar-refractivity contribution in [3.8, 4) is 11.1 Å². The predicted octanol–water partition coefficient (Wildman–Crippen LogP) is 10.6. The van der Waals surface area contributed by atoms with Crippen LogP contribution in [-0.4, -0.2) is 20.3 Å². The van der Waals surface area contributed by atoms with Crippen LogP contribution in [0, 0.1) is 35.5 Å². The van der Waals surface area contributed by atoms with Crippen molar-refractivity contribution in [2.24, 2.45) is 35.5 Å². The van der Waals surface area contributed by atoms with Gasteiger partial charge in [0.25, 0.3) is 0 Å². The van der Waals surface area contributed by atoms with Gasteiger partial charge in [-0.15, -0.1) is 0 Å². The van der Waals surface area contributed by atoms with Crippen molar-refractivity contribution >= 4 is 26.5 Å². The van der Waals surface area contributed by atoms with E-state index in [4.69, 9.17) is 0 Å². The molecule has 238 valence electrons. The maximum absolute atomic E-state index is 3.40. The summed E-state index contributed by atoms with van der Waals surface area (Å²) in [6, 6.07) is 23.6. The molecule has 46 heavy (non-hydrogen) atoms. The molecule has 0 saturated heterocycles. The Bertz CT molecular complexity index is 1520. The first-order chi connectivity index (χ1) is 22.6. The van der Waals surface area contributed by atoms with Crippen LogP contribution in [0.1, 0.15) is 88.2 Å². The number of benzene rings is 2. The van der Waals surface area contributed by atoms with Gasteiger partial charge in [0.2, 0.25) is 0 Å². The number of aromatic amines is 2. The lowest BCUT2D eigenvalue weighted by Crippen LogP contribution is -2.56. The molecule has 0 aliphatic heterocycles. The minimum atomic E-state index is -0.485. The molecule has 0 amide bonds. The van der Waals surface area contributed by atoms with Crippen LogP contribution < -0.4 is 10.6 Å². The Kier molecular flexibility index (Phi) is 7.03. The molecule has 8 aliphatic rings. The highest BCUT2D eigenvalue weighted by molar-refractivity contribution is 7.72. The average molecular weight is 645 g/mol. The van der Waals surface area contributed by atoms with Crippen molar-refractivity contribution in [3.05, 3.63) is 96.6 Å². The largest absolute Gasteiger partial charge is 0.367 e. The summed E-state index contributed by atoms with van der Waals surface area (Å²) < 4.78 is 0. The molecule has 2 heterocycles. The van der Waals surface area contributed by atoms with Gasteiger partial charge in [0.1, 0.15) is 0 Å². The van der Waals surface area contributed by atoms with Crippen LogP contribution in [0.15, 0.2) is 85.5 Å². The van der Waals surface area contributed by atoms with Crippen LogP contribution in [0.3, 0.4) is 0 Å². The minimum Gasteiger partial charge on any atom is -0.367 e. The number of nitrogens with one attached hydrogen (secondary N) is 2. The van der Waals surface area contributed by atoms with Gasteiger partial charge in [-0.1, -0.05) is 56.5 Å². The summed E-state index contributed by atoms with van der Waals surface area (Å²) in [5.74, 6) is 6.25.